The van der Waals surface area contributed by atoms with Crippen LogP contribution in [-0.2, 0) is 16.6 Å². The van der Waals surface area contributed by atoms with E-state index in [0.29, 0.717) is 22.4 Å². The molecule has 0 amide bonds. The van der Waals surface area contributed by atoms with Crippen molar-refractivity contribution in [2.75, 3.05) is 18.5 Å². The second-order valence-corrected chi connectivity index (χ2v) is 9.70. The number of rotatable bonds is 7. The third-order valence-electron chi connectivity index (χ3n) is 4.79. The molecule has 7 nitrogen and oxygen atoms in total. The van der Waals surface area contributed by atoms with Crippen LogP contribution >= 0.6 is 22.9 Å². The molecule has 2 heterocycles. The van der Waals surface area contributed by atoms with E-state index in [-0.39, 0.29) is 27.1 Å². The smallest absolute Gasteiger partial charge is 0.266 e. The molecule has 0 aliphatic rings. The first-order chi connectivity index (χ1) is 15.3. The predicted molar refractivity (Wildman–Crippen MR) is 122 cm³/mol. The molecule has 11 heteroatoms. The predicted octanol–water partition coefficient (Wildman–Crippen LogP) is 4.90. The Morgan fingerprint density at radius 1 is 1.09 bits per heavy atom. The second kappa shape index (κ2) is 8.89. The van der Waals surface area contributed by atoms with E-state index < -0.39 is 15.8 Å². The highest BCUT2D eigenvalue weighted by Crippen LogP contribution is 2.33. The maximum atomic E-state index is 14.4. The number of hydrogen-bond donors (Lipinski definition) is 0. The molecule has 32 heavy (non-hydrogen) atoms. The van der Waals surface area contributed by atoms with Gasteiger partial charge in [0.2, 0.25) is 0 Å². The highest BCUT2D eigenvalue weighted by Gasteiger charge is 2.29. The Labute approximate surface area is 193 Å². The van der Waals surface area contributed by atoms with Crippen LogP contribution in [-0.4, -0.2) is 32.6 Å². The van der Waals surface area contributed by atoms with Gasteiger partial charge in [-0.3, -0.25) is 0 Å². The van der Waals surface area contributed by atoms with Crippen LogP contribution in [0.4, 0.5) is 9.52 Å². The molecule has 0 N–H and O–H groups in total. The molecular formula is C21H17ClFN3O4S2. The van der Waals surface area contributed by atoms with Crippen molar-refractivity contribution in [1.29, 1.82) is 0 Å². The van der Waals surface area contributed by atoms with Gasteiger partial charge in [0, 0.05) is 34.0 Å². The maximum Gasteiger partial charge on any atom is 0.266 e. The lowest BCUT2D eigenvalue weighted by Crippen LogP contribution is -2.30. The molecule has 0 bridgehead atoms. The molecule has 2 aromatic carbocycles. The highest BCUT2D eigenvalue weighted by atomic mass is 35.5. The summed E-state index contributed by atoms with van der Waals surface area (Å²) in [4.78, 5) is 7.84. The molecule has 0 spiro atoms. The van der Waals surface area contributed by atoms with Gasteiger partial charge in [0.1, 0.15) is 22.5 Å². The number of hydrogen-bond acceptors (Lipinski definition) is 7. The number of benzene rings is 2. The van der Waals surface area contributed by atoms with E-state index in [1.807, 2.05) is 0 Å². The van der Waals surface area contributed by atoms with Crippen molar-refractivity contribution in [2.24, 2.45) is 0 Å². The molecule has 4 aromatic rings. The Morgan fingerprint density at radius 3 is 2.59 bits per heavy atom. The van der Waals surface area contributed by atoms with Crippen LogP contribution in [0.3, 0.4) is 0 Å². The SMILES string of the molecule is COc1ccc(CN(c2nccs2)S(=O)(=O)c2ccc3c(Cl)ncc(F)c3c2)c(OC)c1. The van der Waals surface area contributed by atoms with Gasteiger partial charge in [0.05, 0.1) is 31.9 Å². The van der Waals surface area contributed by atoms with Crippen molar-refractivity contribution in [1.82, 2.24) is 9.97 Å². The van der Waals surface area contributed by atoms with Crippen molar-refractivity contribution in [3.05, 3.63) is 70.7 Å². The zero-order valence-corrected chi connectivity index (χ0v) is 19.3. The van der Waals surface area contributed by atoms with Crippen LogP contribution in [0.15, 0.2) is 59.1 Å². The maximum absolute atomic E-state index is 14.4. The Kier molecular flexibility index (Phi) is 6.18. The van der Waals surface area contributed by atoms with Crippen LogP contribution in [0.5, 0.6) is 11.5 Å². The van der Waals surface area contributed by atoms with Gasteiger partial charge in [-0.1, -0.05) is 11.6 Å². The summed E-state index contributed by atoms with van der Waals surface area (Å²) in [5.41, 5.74) is 0.603. The molecule has 0 radical (unpaired) electrons. The fraction of sp³-hybridized carbons (Fsp3) is 0.143. The van der Waals surface area contributed by atoms with E-state index in [4.69, 9.17) is 21.1 Å². The van der Waals surface area contributed by atoms with Crippen LogP contribution < -0.4 is 13.8 Å². The molecular weight excluding hydrogens is 477 g/mol. The molecule has 0 saturated carbocycles. The fourth-order valence-electron chi connectivity index (χ4n) is 3.17. The summed E-state index contributed by atoms with van der Waals surface area (Å²) < 4.78 is 53.5. The van der Waals surface area contributed by atoms with Crippen LogP contribution in [0.1, 0.15) is 5.56 Å². The summed E-state index contributed by atoms with van der Waals surface area (Å²) in [6, 6.07) is 9.16. The third kappa shape index (κ3) is 4.08. The average Bonchev–Trinajstić information content (AvgIpc) is 3.34. The molecule has 0 unspecified atom stereocenters. The summed E-state index contributed by atoms with van der Waals surface area (Å²) in [6.07, 6.45) is 2.47. The van der Waals surface area contributed by atoms with Crippen molar-refractivity contribution in [3.63, 3.8) is 0 Å². The third-order valence-corrected chi connectivity index (χ3v) is 7.73. The zero-order valence-electron chi connectivity index (χ0n) is 17.0. The van der Waals surface area contributed by atoms with Crippen LogP contribution in [0, 0.1) is 5.82 Å². The fourth-order valence-corrected chi connectivity index (χ4v) is 5.68. The Bertz CT molecular complexity index is 1380. The standard InChI is InChI=1S/C21H17ClFN3O4S2/c1-29-14-4-3-13(19(9-14)30-2)12-26(21-24-7-8-31-21)32(27,28)15-5-6-16-17(10-15)18(23)11-25-20(16)22/h3-11H,12H2,1-2H3. The summed E-state index contributed by atoms with van der Waals surface area (Å²) >= 11 is 7.20. The number of nitrogens with zero attached hydrogens (tertiary/aromatic N) is 3. The summed E-state index contributed by atoms with van der Waals surface area (Å²) in [5, 5.41) is 2.41. The molecule has 0 atom stereocenters. The second-order valence-electron chi connectivity index (χ2n) is 6.61. The van der Waals surface area contributed by atoms with E-state index in [1.54, 1.807) is 23.6 Å². The number of methoxy groups -OCH3 is 2. The minimum absolute atomic E-state index is 0.0549. The van der Waals surface area contributed by atoms with Crippen molar-refractivity contribution >= 4 is 48.9 Å². The molecule has 2 aromatic heterocycles. The van der Waals surface area contributed by atoms with E-state index in [0.717, 1.165) is 10.5 Å². The van der Waals surface area contributed by atoms with Crippen molar-refractivity contribution in [3.8, 4) is 11.5 Å². The lowest BCUT2D eigenvalue weighted by molar-refractivity contribution is 0.391. The topological polar surface area (TPSA) is 81.6 Å². The van der Waals surface area contributed by atoms with Gasteiger partial charge in [-0.15, -0.1) is 11.3 Å². The summed E-state index contributed by atoms with van der Waals surface area (Å²) in [6.45, 7) is -0.0549. The number of aromatic nitrogens is 2. The molecule has 0 saturated heterocycles. The zero-order chi connectivity index (χ0) is 22.9. The lowest BCUT2D eigenvalue weighted by Gasteiger charge is -2.23. The number of ether oxygens (including phenoxy) is 2. The number of sulfonamides is 1. The van der Waals surface area contributed by atoms with Gasteiger partial charge in [-0.25, -0.2) is 27.1 Å². The molecule has 166 valence electrons. The molecule has 0 aliphatic carbocycles. The highest BCUT2D eigenvalue weighted by molar-refractivity contribution is 7.93. The van der Waals surface area contributed by atoms with Gasteiger partial charge in [-0.05, 0) is 30.3 Å². The van der Waals surface area contributed by atoms with E-state index >= 15 is 0 Å². The Hall–Kier alpha value is -2.95. The number of anilines is 1. The first kappa shape index (κ1) is 22.3. The number of fused-ring (bicyclic) bond motifs is 1. The van der Waals surface area contributed by atoms with Gasteiger partial charge in [0.15, 0.2) is 5.13 Å². The monoisotopic (exact) mass is 493 g/mol. The minimum Gasteiger partial charge on any atom is -0.497 e. The van der Waals surface area contributed by atoms with E-state index in [9.17, 15) is 12.8 Å². The Morgan fingerprint density at radius 2 is 1.91 bits per heavy atom. The van der Waals surface area contributed by atoms with E-state index in [1.165, 1.54) is 50.0 Å². The summed E-state index contributed by atoms with van der Waals surface area (Å²) in [7, 11) is -1.10. The largest absolute Gasteiger partial charge is 0.497 e. The minimum atomic E-state index is -4.12. The molecule has 4 rings (SSSR count). The normalized spacial score (nSPS) is 11.5. The van der Waals surface area contributed by atoms with Crippen molar-refractivity contribution < 1.29 is 22.3 Å². The molecule has 0 aliphatic heterocycles. The quantitative estimate of drug-likeness (QED) is 0.341. The van der Waals surface area contributed by atoms with Crippen LogP contribution in [0.2, 0.25) is 5.15 Å². The van der Waals surface area contributed by atoms with Gasteiger partial charge in [0.25, 0.3) is 10.0 Å². The van der Waals surface area contributed by atoms with Gasteiger partial charge < -0.3 is 9.47 Å². The van der Waals surface area contributed by atoms with E-state index in [2.05, 4.69) is 9.97 Å². The average molecular weight is 494 g/mol. The van der Waals surface area contributed by atoms with Crippen LogP contribution in [0.25, 0.3) is 10.8 Å². The lowest BCUT2D eigenvalue weighted by atomic mass is 10.2. The summed E-state index contributed by atoms with van der Waals surface area (Å²) in [5.74, 6) is 0.368. The number of thiazole rings is 1. The van der Waals surface area contributed by atoms with Gasteiger partial charge in [-0.2, -0.15) is 0 Å². The molecule has 0 fully saturated rings. The first-order valence-corrected chi connectivity index (χ1v) is 11.9. The Balaban J connectivity index is 1.82. The number of halogens is 2. The number of pyridine rings is 1. The van der Waals surface area contributed by atoms with Crippen molar-refractivity contribution in [2.45, 2.75) is 11.4 Å². The van der Waals surface area contributed by atoms with Gasteiger partial charge >= 0.3 is 0 Å². The first-order valence-electron chi connectivity index (χ1n) is 9.22.